The third kappa shape index (κ3) is 6.13. The van der Waals surface area contributed by atoms with Crippen LogP contribution >= 0.6 is 23.1 Å². The van der Waals surface area contributed by atoms with Gasteiger partial charge in [0.1, 0.15) is 5.82 Å². The summed E-state index contributed by atoms with van der Waals surface area (Å²) in [5.41, 5.74) is 4.76. The van der Waals surface area contributed by atoms with Crippen LogP contribution in [-0.2, 0) is 9.59 Å². The second-order valence-corrected chi connectivity index (χ2v) is 8.28. The van der Waals surface area contributed by atoms with Crippen LogP contribution in [0.5, 0.6) is 0 Å². The molecule has 0 unspecified atom stereocenters. The van der Waals surface area contributed by atoms with Crippen molar-refractivity contribution >= 4 is 45.7 Å². The van der Waals surface area contributed by atoms with Crippen LogP contribution in [0.15, 0.2) is 47.8 Å². The van der Waals surface area contributed by atoms with Crippen LogP contribution < -0.4 is 10.6 Å². The third-order valence-corrected chi connectivity index (χ3v) is 5.84. The molecular formula is C21H20FN3O2S2. The fourth-order valence-electron chi connectivity index (χ4n) is 2.49. The molecule has 5 nitrogen and oxygen atoms in total. The lowest BCUT2D eigenvalue weighted by Gasteiger charge is -2.05. The molecule has 29 heavy (non-hydrogen) atoms. The Morgan fingerprint density at radius 1 is 1.00 bits per heavy atom. The minimum Gasteiger partial charge on any atom is -0.325 e. The van der Waals surface area contributed by atoms with Crippen LogP contribution in [0.3, 0.4) is 0 Å². The van der Waals surface area contributed by atoms with Crippen molar-refractivity contribution < 1.29 is 14.0 Å². The van der Waals surface area contributed by atoms with Crippen molar-refractivity contribution in [1.82, 2.24) is 4.98 Å². The molecule has 0 saturated carbocycles. The summed E-state index contributed by atoms with van der Waals surface area (Å²) in [6, 6.07) is 11.7. The van der Waals surface area contributed by atoms with Crippen molar-refractivity contribution in [1.29, 1.82) is 0 Å². The highest BCUT2D eigenvalue weighted by Crippen LogP contribution is 2.26. The lowest BCUT2D eigenvalue weighted by molar-refractivity contribution is -0.114. The first-order valence-corrected chi connectivity index (χ1v) is 10.9. The van der Waals surface area contributed by atoms with Gasteiger partial charge in [-0.1, -0.05) is 12.1 Å². The topological polar surface area (TPSA) is 71.1 Å². The molecule has 3 aromatic rings. The number of thiazole rings is 1. The van der Waals surface area contributed by atoms with E-state index in [-0.39, 0.29) is 29.1 Å². The van der Waals surface area contributed by atoms with E-state index in [9.17, 15) is 14.0 Å². The zero-order valence-corrected chi connectivity index (χ0v) is 17.6. The second kappa shape index (κ2) is 9.67. The molecule has 150 valence electrons. The Kier molecular flexibility index (Phi) is 7.00. The number of nitrogens with zero attached hydrogens (tertiary/aromatic N) is 1. The van der Waals surface area contributed by atoms with Crippen LogP contribution in [-0.4, -0.2) is 28.3 Å². The van der Waals surface area contributed by atoms with E-state index in [4.69, 9.17) is 0 Å². The predicted octanol–water partition coefficient (Wildman–Crippen LogP) is 4.88. The Morgan fingerprint density at radius 2 is 1.69 bits per heavy atom. The van der Waals surface area contributed by atoms with Gasteiger partial charge in [0.2, 0.25) is 11.8 Å². The molecule has 0 radical (unpaired) electrons. The van der Waals surface area contributed by atoms with Crippen LogP contribution in [0, 0.1) is 19.7 Å². The van der Waals surface area contributed by atoms with Gasteiger partial charge in [-0.25, -0.2) is 9.37 Å². The highest BCUT2D eigenvalue weighted by atomic mass is 32.2. The number of hydrogen-bond acceptors (Lipinski definition) is 5. The van der Waals surface area contributed by atoms with E-state index in [1.54, 1.807) is 0 Å². The third-order valence-electron chi connectivity index (χ3n) is 4.15. The van der Waals surface area contributed by atoms with E-state index in [1.165, 1.54) is 58.5 Å². The number of carbonyl (C=O) groups is 2. The summed E-state index contributed by atoms with van der Waals surface area (Å²) < 4.78 is 12.9. The molecule has 0 aliphatic rings. The SMILES string of the molecule is Cc1ccc(-c2csc(NC(=O)CSCC(=O)Nc3ccc(F)cc3)n2)cc1C. The fraction of sp³-hybridized carbons (Fsp3) is 0.190. The number of halogens is 1. The van der Waals surface area contributed by atoms with Gasteiger partial charge in [0.05, 0.1) is 17.2 Å². The Labute approximate surface area is 176 Å². The van der Waals surface area contributed by atoms with Crippen LogP contribution in [0.1, 0.15) is 11.1 Å². The smallest absolute Gasteiger partial charge is 0.236 e. The molecule has 0 spiro atoms. The zero-order valence-electron chi connectivity index (χ0n) is 16.0. The highest BCUT2D eigenvalue weighted by Gasteiger charge is 2.10. The van der Waals surface area contributed by atoms with Gasteiger partial charge in [-0.3, -0.25) is 9.59 Å². The van der Waals surface area contributed by atoms with Crippen molar-refractivity contribution in [3.8, 4) is 11.3 Å². The molecule has 2 aromatic carbocycles. The summed E-state index contributed by atoms with van der Waals surface area (Å²) in [7, 11) is 0. The quantitative estimate of drug-likeness (QED) is 0.562. The molecule has 0 bridgehead atoms. The van der Waals surface area contributed by atoms with Gasteiger partial charge in [0.25, 0.3) is 0 Å². The van der Waals surface area contributed by atoms with Crippen LogP contribution in [0.2, 0.25) is 0 Å². The maximum atomic E-state index is 12.9. The molecule has 1 heterocycles. The maximum absolute atomic E-state index is 12.9. The molecule has 8 heteroatoms. The van der Waals surface area contributed by atoms with Crippen LogP contribution in [0.4, 0.5) is 15.2 Å². The Balaban J connectivity index is 1.45. The second-order valence-electron chi connectivity index (χ2n) is 6.43. The number of amides is 2. The number of benzene rings is 2. The minimum atomic E-state index is -0.364. The predicted molar refractivity (Wildman–Crippen MR) is 118 cm³/mol. The summed E-state index contributed by atoms with van der Waals surface area (Å²) in [6.45, 7) is 4.11. The molecule has 2 N–H and O–H groups in total. The van der Waals surface area contributed by atoms with Gasteiger partial charge >= 0.3 is 0 Å². The Hall–Kier alpha value is -2.71. The van der Waals surface area contributed by atoms with E-state index in [2.05, 4.69) is 41.6 Å². The van der Waals surface area contributed by atoms with E-state index in [0.29, 0.717) is 10.8 Å². The molecule has 0 aliphatic heterocycles. The van der Waals surface area contributed by atoms with E-state index >= 15 is 0 Å². The van der Waals surface area contributed by atoms with Crippen molar-refractivity contribution in [2.75, 3.05) is 22.1 Å². The van der Waals surface area contributed by atoms with E-state index in [1.807, 2.05) is 11.4 Å². The van der Waals surface area contributed by atoms with E-state index < -0.39 is 0 Å². The Morgan fingerprint density at radius 3 is 2.38 bits per heavy atom. The van der Waals surface area contributed by atoms with Gasteiger partial charge in [-0.15, -0.1) is 23.1 Å². The Bertz CT molecular complexity index is 1020. The number of hydrogen-bond donors (Lipinski definition) is 2. The highest BCUT2D eigenvalue weighted by molar-refractivity contribution is 8.00. The zero-order chi connectivity index (χ0) is 20.8. The number of nitrogens with one attached hydrogen (secondary N) is 2. The molecule has 0 fully saturated rings. The molecule has 0 aliphatic carbocycles. The van der Waals surface area contributed by atoms with Crippen molar-refractivity contribution in [2.24, 2.45) is 0 Å². The minimum absolute atomic E-state index is 0.122. The van der Waals surface area contributed by atoms with Gasteiger partial charge < -0.3 is 10.6 Å². The molecule has 0 atom stereocenters. The average molecular weight is 430 g/mol. The van der Waals surface area contributed by atoms with Crippen molar-refractivity contribution in [2.45, 2.75) is 13.8 Å². The summed E-state index contributed by atoms with van der Waals surface area (Å²) in [5.74, 6) is -0.575. The molecule has 0 saturated heterocycles. The first kappa shape index (κ1) is 21.0. The van der Waals surface area contributed by atoms with Gasteiger partial charge in [-0.2, -0.15) is 0 Å². The number of anilines is 2. The lowest BCUT2D eigenvalue weighted by atomic mass is 10.1. The normalized spacial score (nSPS) is 10.6. The number of aromatic nitrogens is 1. The van der Waals surface area contributed by atoms with Gasteiger partial charge in [-0.05, 0) is 55.3 Å². The first-order valence-electron chi connectivity index (χ1n) is 8.87. The standard InChI is InChI=1S/C21H20FN3O2S2/c1-13-3-4-15(9-14(13)2)18-10-29-21(24-18)25-20(27)12-28-11-19(26)23-17-7-5-16(22)6-8-17/h3-10H,11-12H2,1-2H3,(H,23,26)(H,24,25,27). The fourth-order valence-corrected chi connectivity index (χ4v) is 3.84. The lowest BCUT2D eigenvalue weighted by Crippen LogP contribution is -2.18. The van der Waals surface area contributed by atoms with Gasteiger partial charge in [0, 0.05) is 16.6 Å². The maximum Gasteiger partial charge on any atom is 0.236 e. The average Bonchev–Trinajstić information content (AvgIpc) is 3.14. The van der Waals surface area contributed by atoms with Crippen molar-refractivity contribution in [3.63, 3.8) is 0 Å². The summed E-state index contributed by atoms with van der Waals surface area (Å²) in [4.78, 5) is 28.4. The number of rotatable bonds is 7. The summed E-state index contributed by atoms with van der Waals surface area (Å²) >= 11 is 2.56. The number of aryl methyl sites for hydroxylation is 2. The monoisotopic (exact) mass is 429 g/mol. The molecule has 3 rings (SSSR count). The van der Waals surface area contributed by atoms with Crippen LogP contribution in [0.25, 0.3) is 11.3 Å². The van der Waals surface area contributed by atoms with E-state index in [0.717, 1.165) is 11.3 Å². The molecule has 1 aromatic heterocycles. The number of thioether (sulfide) groups is 1. The van der Waals surface area contributed by atoms with Crippen molar-refractivity contribution in [3.05, 3.63) is 64.8 Å². The molecular weight excluding hydrogens is 409 g/mol. The summed E-state index contributed by atoms with van der Waals surface area (Å²) in [5, 5.41) is 7.85. The first-order chi connectivity index (χ1) is 13.9. The summed E-state index contributed by atoms with van der Waals surface area (Å²) in [6.07, 6.45) is 0. The number of carbonyl (C=O) groups excluding carboxylic acids is 2. The molecule has 2 amide bonds. The van der Waals surface area contributed by atoms with Gasteiger partial charge in [0.15, 0.2) is 5.13 Å². The largest absolute Gasteiger partial charge is 0.325 e.